The summed E-state index contributed by atoms with van der Waals surface area (Å²) in [6.07, 6.45) is -0.891. The molecule has 0 radical (unpaired) electrons. The van der Waals surface area contributed by atoms with Crippen molar-refractivity contribution in [1.29, 1.82) is 0 Å². The Hall–Kier alpha value is -3.64. The van der Waals surface area contributed by atoms with Gasteiger partial charge >= 0.3 is 0 Å². The van der Waals surface area contributed by atoms with Gasteiger partial charge in [-0.1, -0.05) is 48.5 Å². The maximum absolute atomic E-state index is 14.2. The summed E-state index contributed by atoms with van der Waals surface area (Å²) in [7, 11) is 3.05. The van der Waals surface area contributed by atoms with Gasteiger partial charge in [-0.3, -0.25) is 9.59 Å². The van der Waals surface area contributed by atoms with Crippen LogP contribution in [0.4, 0.5) is 5.69 Å². The Kier molecular flexibility index (Phi) is 4.42. The first-order valence-electron chi connectivity index (χ1n) is 11.4. The number of rotatable bonds is 4. The van der Waals surface area contributed by atoms with Crippen molar-refractivity contribution < 1.29 is 24.2 Å². The van der Waals surface area contributed by atoms with E-state index in [0.29, 0.717) is 17.2 Å². The number of hydrogen-bond acceptors (Lipinski definition) is 5. The van der Waals surface area contributed by atoms with Gasteiger partial charge in [0.15, 0.2) is 0 Å². The van der Waals surface area contributed by atoms with Gasteiger partial charge in [-0.2, -0.15) is 0 Å². The third kappa shape index (κ3) is 2.33. The van der Waals surface area contributed by atoms with Gasteiger partial charge < -0.3 is 14.6 Å². The highest BCUT2D eigenvalue weighted by atomic mass is 16.5. The molecule has 4 aliphatic rings. The number of carbonyl (C=O) groups excluding carboxylic acids is 2. The van der Waals surface area contributed by atoms with Crippen LogP contribution in [0, 0.1) is 11.8 Å². The van der Waals surface area contributed by atoms with Crippen molar-refractivity contribution in [2.75, 3.05) is 19.1 Å². The fraction of sp³-hybridized carbons (Fsp3) is 0.286. The molecule has 3 atom stereocenters. The van der Waals surface area contributed by atoms with E-state index in [2.05, 4.69) is 0 Å². The second-order valence-electron chi connectivity index (χ2n) is 9.25. The number of aliphatic hydroxyl groups is 1. The predicted octanol–water partition coefficient (Wildman–Crippen LogP) is 3.64. The molecule has 0 saturated carbocycles. The van der Waals surface area contributed by atoms with E-state index in [1.54, 1.807) is 32.2 Å². The minimum Gasteiger partial charge on any atom is -0.497 e. The van der Waals surface area contributed by atoms with Gasteiger partial charge in [-0.05, 0) is 41.3 Å². The van der Waals surface area contributed by atoms with Gasteiger partial charge in [0.05, 0.1) is 43.3 Å². The fourth-order valence-corrected chi connectivity index (χ4v) is 6.75. The standard InChI is InChI=1S/C28H25NO5/c1-15(30)28-19-10-6-4-8-17(19)23(18-9-5-7-11-20(18)28)24-25(28)27(32)29(26(24)31)21-13-12-16(33-2)14-22(21)34-3/h4-15,23-25,30H,1-3H3/t15-,23?,24-,25+,28?/m1/s1. The van der Waals surface area contributed by atoms with E-state index in [0.717, 1.165) is 22.3 Å². The van der Waals surface area contributed by atoms with Gasteiger partial charge in [0.25, 0.3) is 0 Å². The Morgan fingerprint density at radius 3 is 2.06 bits per heavy atom. The van der Waals surface area contributed by atoms with Crippen LogP contribution in [-0.2, 0) is 15.0 Å². The van der Waals surface area contributed by atoms with Crippen LogP contribution < -0.4 is 14.4 Å². The summed E-state index contributed by atoms with van der Waals surface area (Å²) in [6.45, 7) is 1.73. The molecular weight excluding hydrogens is 430 g/mol. The molecular formula is C28H25NO5. The molecule has 0 aromatic heterocycles. The highest BCUT2D eigenvalue weighted by molar-refractivity contribution is 6.24. The van der Waals surface area contributed by atoms with E-state index in [4.69, 9.17) is 9.47 Å². The maximum Gasteiger partial charge on any atom is 0.239 e. The summed E-state index contributed by atoms with van der Waals surface area (Å²) < 4.78 is 10.8. The van der Waals surface area contributed by atoms with E-state index >= 15 is 0 Å². The highest BCUT2D eigenvalue weighted by Crippen LogP contribution is 2.65. The summed E-state index contributed by atoms with van der Waals surface area (Å²) in [5.41, 5.74) is 3.25. The number of nitrogens with zero attached hydrogens (tertiary/aromatic N) is 1. The van der Waals surface area contributed by atoms with Gasteiger partial charge in [0.2, 0.25) is 11.8 Å². The number of methoxy groups -OCH3 is 2. The molecule has 1 heterocycles. The summed E-state index contributed by atoms with van der Waals surface area (Å²) in [4.78, 5) is 29.5. The number of anilines is 1. The predicted molar refractivity (Wildman–Crippen MR) is 126 cm³/mol. The number of hydrogen-bond donors (Lipinski definition) is 1. The number of benzene rings is 3. The zero-order chi connectivity index (χ0) is 23.8. The maximum atomic E-state index is 14.2. The SMILES string of the molecule is COc1ccc(N2C(=O)[C@@H]3C4c5ccccc5C([C@@H](C)O)(c5ccccc54)[C@@H]3C2=O)c(OC)c1. The smallest absolute Gasteiger partial charge is 0.239 e. The number of aliphatic hydroxyl groups excluding tert-OH is 1. The molecule has 0 spiro atoms. The molecule has 1 N–H and O–H groups in total. The minimum absolute atomic E-state index is 0.260. The van der Waals surface area contributed by atoms with Gasteiger partial charge in [-0.15, -0.1) is 0 Å². The van der Waals surface area contributed by atoms with Crippen molar-refractivity contribution in [2.45, 2.75) is 24.4 Å². The van der Waals surface area contributed by atoms with E-state index in [1.165, 1.54) is 12.0 Å². The first-order valence-corrected chi connectivity index (χ1v) is 11.4. The van der Waals surface area contributed by atoms with Gasteiger partial charge in [-0.25, -0.2) is 4.90 Å². The lowest BCUT2D eigenvalue weighted by Gasteiger charge is -2.55. The van der Waals surface area contributed by atoms with Crippen LogP contribution in [0.2, 0.25) is 0 Å². The molecule has 1 aliphatic heterocycles. The Morgan fingerprint density at radius 2 is 1.50 bits per heavy atom. The average Bonchev–Trinajstić information content (AvgIpc) is 3.13. The highest BCUT2D eigenvalue weighted by Gasteiger charge is 2.69. The lowest BCUT2D eigenvalue weighted by Crippen LogP contribution is -2.58. The van der Waals surface area contributed by atoms with Crippen molar-refractivity contribution in [3.8, 4) is 11.5 Å². The fourth-order valence-electron chi connectivity index (χ4n) is 6.75. The third-order valence-electron chi connectivity index (χ3n) is 7.97. The molecule has 6 heteroatoms. The van der Waals surface area contributed by atoms with Crippen molar-refractivity contribution in [1.82, 2.24) is 0 Å². The number of imide groups is 1. The van der Waals surface area contributed by atoms with Crippen molar-refractivity contribution in [3.63, 3.8) is 0 Å². The number of amides is 2. The molecule has 3 aromatic rings. The molecule has 0 unspecified atom stereocenters. The average molecular weight is 456 g/mol. The second-order valence-corrected chi connectivity index (χ2v) is 9.25. The van der Waals surface area contributed by atoms with Crippen LogP contribution >= 0.6 is 0 Å². The molecule has 34 heavy (non-hydrogen) atoms. The number of carbonyl (C=O) groups is 2. The molecule has 3 aliphatic carbocycles. The Labute approximate surface area is 197 Å². The first kappa shape index (κ1) is 20.9. The molecule has 1 saturated heterocycles. The molecule has 172 valence electrons. The summed E-state index contributed by atoms with van der Waals surface area (Å²) in [5, 5.41) is 11.4. The second kappa shape index (κ2) is 7.18. The monoisotopic (exact) mass is 455 g/mol. The van der Waals surface area contributed by atoms with Crippen LogP contribution in [0.15, 0.2) is 66.7 Å². The Bertz CT molecular complexity index is 1300. The quantitative estimate of drug-likeness (QED) is 0.608. The van der Waals surface area contributed by atoms with Crippen LogP contribution in [0.5, 0.6) is 11.5 Å². The number of ether oxygens (including phenoxy) is 2. The van der Waals surface area contributed by atoms with Crippen molar-refractivity contribution >= 4 is 17.5 Å². The van der Waals surface area contributed by atoms with Crippen LogP contribution in [0.1, 0.15) is 35.1 Å². The first-order chi connectivity index (χ1) is 16.5. The lowest BCUT2D eigenvalue weighted by molar-refractivity contribution is -0.126. The lowest BCUT2D eigenvalue weighted by atomic mass is 9.46. The topological polar surface area (TPSA) is 76.1 Å². The third-order valence-corrected chi connectivity index (χ3v) is 7.97. The largest absolute Gasteiger partial charge is 0.497 e. The molecule has 6 nitrogen and oxygen atoms in total. The summed E-state index contributed by atoms with van der Waals surface area (Å²) in [6, 6.07) is 20.9. The van der Waals surface area contributed by atoms with Crippen LogP contribution in [0.3, 0.4) is 0 Å². The van der Waals surface area contributed by atoms with Gasteiger partial charge in [0, 0.05) is 12.0 Å². The summed E-state index contributed by atoms with van der Waals surface area (Å²) in [5.74, 6) is -1.22. The minimum atomic E-state index is -1.02. The Morgan fingerprint density at radius 1 is 0.882 bits per heavy atom. The molecule has 3 aromatic carbocycles. The molecule has 1 fully saturated rings. The molecule has 2 bridgehead atoms. The normalized spacial score (nSPS) is 27.2. The van der Waals surface area contributed by atoms with Gasteiger partial charge in [0.1, 0.15) is 11.5 Å². The zero-order valence-electron chi connectivity index (χ0n) is 19.2. The van der Waals surface area contributed by atoms with Crippen molar-refractivity contribution in [3.05, 3.63) is 89.0 Å². The molecule has 7 rings (SSSR count). The summed E-state index contributed by atoms with van der Waals surface area (Å²) >= 11 is 0. The Balaban J connectivity index is 1.62. The van der Waals surface area contributed by atoms with E-state index in [-0.39, 0.29) is 17.7 Å². The molecule has 2 amide bonds. The van der Waals surface area contributed by atoms with Crippen LogP contribution in [-0.4, -0.2) is 37.2 Å². The van der Waals surface area contributed by atoms with Crippen LogP contribution in [0.25, 0.3) is 0 Å². The zero-order valence-corrected chi connectivity index (χ0v) is 19.2. The van der Waals surface area contributed by atoms with Crippen molar-refractivity contribution in [2.24, 2.45) is 11.8 Å². The van der Waals surface area contributed by atoms with E-state index < -0.39 is 23.4 Å². The van der Waals surface area contributed by atoms with E-state index in [1.807, 2.05) is 48.5 Å². The van der Waals surface area contributed by atoms with E-state index in [9.17, 15) is 14.7 Å².